The van der Waals surface area contributed by atoms with Gasteiger partial charge in [0.05, 0.1) is 26.0 Å². The number of carbonyl (C=O) groups is 1. The second kappa shape index (κ2) is 7.11. The van der Waals surface area contributed by atoms with Crippen LogP contribution in [0.15, 0.2) is 48.5 Å². The van der Waals surface area contributed by atoms with E-state index in [-0.39, 0.29) is 18.3 Å². The summed E-state index contributed by atoms with van der Waals surface area (Å²) in [4.78, 5) is 12.7. The number of rotatable bonds is 5. The van der Waals surface area contributed by atoms with Crippen LogP contribution in [-0.2, 0) is 11.3 Å². The van der Waals surface area contributed by atoms with E-state index in [9.17, 15) is 9.90 Å². The van der Waals surface area contributed by atoms with Crippen molar-refractivity contribution >= 4 is 14.0 Å². The average molecular weight is 328 g/mol. The Morgan fingerprint density at radius 2 is 1.78 bits per heavy atom. The van der Waals surface area contributed by atoms with Crippen molar-refractivity contribution in [1.82, 2.24) is 0 Å². The van der Waals surface area contributed by atoms with Crippen molar-refractivity contribution < 1.29 is 14.6 Å². The lowest BCUT2D eigenvalue weighted by molar-refractivity contribution is 0.0456. The number of aliphatic hydroxyl groups excluding tert-OH is 1. The van der Waals surface area contributed by atoms with Gasteiger partial charge in [0, 0.05) is 0 Å². The van der Waals surface area contributed by atoms with Gasteiger partial charge in [-0.3, -0.25) is 0 Å². The molecule has 1 atom stereocenters. The molecular weight excluding hydrogens is 304 g/mol. The molecule has 0 heterocycles. The van der Waals surface area contributed by atoms with Gasteiger partial charge in [0.15, 0.2) is 0 Å². The molecule has 1 N–H and O–H groups in total. The van der Waals surface area contributed by atoms with E-state index in [1.807, 2.05) is 49.4 Å². The highest BCUT2D eigenvalue weighted by molar-refractivity contribution is 6.77. The van der Waals surface area contributed by atoms with E-state index in [4.69, 9.17) is 4.74 Å². The van der Waals surface area contributed by atoms with Crippen molar-refractivity contribution in [2.45, 2.75) is 38.9 Å². The number of benzene rings is 2. The molecule has 0 radical (unpaired) electrons. The molecule has 122 valence electrons. The standard InChI is InChI=1S/C19H24O3Si/c1-14(23(2,3)4)22-19(21)18-12-15(13-20)10-11-17(18)16-8-6-5-7-9-16/h5-12,14,20H,13H2,1-4H3. The summed E-state index contributed by atoms with van der Waals surface area (Å²) < 4.78 is 5.70. The Hall–Kier alpha value is -1.91. The number of carbonyl (C=O) groups excluding carboxylic acids is 1. The minimum atomic E-state index is -1.57. The van der Waals surface area contributed by atoms with Crippen LogP contribution in [0.25, 0.3) is 11.1 Å². The smallest absolute Gasteiger partial charge is 0.338 e. The van der Waals surface area contributed by atoms with Crippen LogP contribution >= 0.6 is 0 Å². The van der Waals surface area contributed by atoms with E-state index in [1.54, 1.807) is 6.07 Å². The highest BCUT2D eigenvalue weighted by atomic mass is 28.3. The fourth-order valence-corrected chi connectivity index (χ4v) is 2.59. The van der Waals surface area contributed by atoms with Crippen molar-refractivity contribution in [1.29, 1.82) is 0 Å². The van der Waals surface area contributed by atoms with Gasteiger partial charge in [-0.25, -0.2) is 4.79 Å². The van der Waals surface area contributed by atoms with Gasteiger partial charge < -0.3 is 9.84 Å². The van der Waals surface area contributed by atoms with Crippen molar-refractivity contribution in [2.24, 2.45) is 0 Å². The summed E-state index contributed by atoms with van der Waals surface area (Å²) in [6.07, 6.45) is 0. The molecule has 0 spiro atoms. The summed E-state index contributed by atoms with van der Waals surface area (Å²) in [7, 11) is -1.57. The molecule has 0 aliphatic rings. The lowest BCUT2D eigenvalue weighted by Crippen LogP contribution is -2.39. The van der Waals surface area contributed by atoms with E-state index >= 15 is 0 Å². The van der Waals surface area contributed by atoms with E-state index in [0.29, 0.717) is 11.1 Å². The van der Waals surface area contributed by atoms with Gasteiger partial charge in [0.25, 0.3) is 0 Å². The van der Waals surface area contributed by atoms with Gasteiger partial charge in [0.1, 0.15) is 0 Å². The van der Waals surface area contributed by atoms with Gasteiger partial charge in [-0.05, 0) is 29.7 Å². The third kappa shape index (κ3) is 4.30. The first-order chi connectivity index (χ1) is 10.8. The third-order valence-corrected chi connectivity index (χ3v) is 6.63. The number of ether oxygens (including phenoxy) is 1. The summed E-state index contributed by atoms with van der Waals surface area (Å²) in [6, 6.07) is 15.2. The molecule has 2 aromatic carbocycles. The first kappa shape index (κ1) is 17.4. The minimum absolute atomic E-state index is 0.0728. The zero-order valence-corrected chi connectivity index (χ0v) is 15.2. The molecular formula is C19H24O3Si. The van der Waals surface area contributed by atoms with Crippen LogP contribution in [0, 0.1) is 0 Å². The molecule has 4 heteroatoms. The average Bonchev–Trinajstić information content (AvgIpc) is 2.54. The van der Waals surface area contributed by atoms with Crippen molar-refractivity contribution in [3.8, 4) is 11.1 Å². The maximum Gasteiger partial charge on any atom is 0.338 e. The second-order valence-electron chi connectivity index (χ2n) is 6.82. The van der Waals surface area contributed by atoms with Gasteiger partial charge in [-0.1, -0.05) is 62.1 Å². The van der Waals surface area contributed by atoms with Crippen LogP contribution in [0.1, 0.15) is 22.8 Å². The van der Waals surface area contributed by atoms with Crippen molar-refractivity contribution in [2.75, 3.05) is 0 Å². The van der Waals surface area contributed by atoms with Gasteiger partial charge in [-0.2, -0.15) is 0 Å². The maximum absolute atomic E-state index is 12.7. The molecule has 0 bridgehead atoms. The Morgan fingerprint density at radius 3 is 2.35 bits per heavy atom. The zero-order chi connectivity index (χ0) is 17.0. The summed E-state index contributed by atoms with van der Waals surface area (Å²) in [5.74, 6) is -0.325. The molecule has 0 aliphatic heterocycles. The predicted molar refractivity (Wildman–Crippen MR) is 96.0 cm³/mol. The normalized spacial score (nSPS) is 12.7. The van der Waals surface area contributed by atoms with Gasteiger partial charge >= 0.3 is 5.97 Å². The van der Waals surface area contributed by atoms with Crippen LogP contribution < -0.4 is 0 Å². The topological polar surface area (TPSA) is 46.5 Å². The molecule has 0 saturated carbocycles. The van der Waals surface area contributed by atoms with E-state index in [1.165, 1.54) is 0 Å². The molecule has 23 heavy (non-hydrogen) atoms. The van der Waals surface area contributed by atoms with E-state index < -0.39 is 8.07 Å². The quantitative estimate of drug-likeness (QED) is 0.658. The first-order valence-corrected chi connectivity index (χ1v) is 11.4. The fraction of sp³-hybridized carbons (Fsp3) is 0.316. The summed E-state index contributed by atoms with van der Waals surface area (Å²) in [5.41, 5.74) is 2.93. The monoisotopic (exact) mass is 328 g/mol. The highest BCUT2D eigenvalue weighted by Crippen LogP contribution is 2.26. The molecule has 0 aliphatic carbocycles. The van der Waals surface area contributed by atoms with Crippen LogP contribution in [0.2, 0.25) is 19.6 Å². The Morgan fingerprint density at radius 1 is 1.13 bits per heavy atom. The van der Waals surface area contributed by atoms with Crippen LogP contribution in [0.4, 0.5) is 0 Å². The first-order valence-electron chi connectivity index (χ1n) is 7.83. The van der Waals surface area contributed by atoms with Crippen LogP contribution in [0.5, 0.6) is 0 Å². The Bertz CT molecular complexity index is 675. The van der Waals surface area contributed by atoms with E-state index in [0.717, 1.165) is 11.1 Å². The molecule has 2 rings (SSSR count). The highest BCUT2D eigenvalue weighted by Gasteiger charge is 2.27. The number of hydrogen-bond donors (Lipinski definition) is 1. The number of esters is 1. The molecule has 0 fully saturated rings. The Labute approximate surface area is 138 Å². The van der Waals surface area contributed by atoms with Crippen LogP contribution in [-0.4, -0.2) is 24.9 Å². The Balaban J connectivity index is 2.41. The summed E-state index contributed by atoms with van der Waals surface area (Å²) >= 11 is 0. The third-order valence-electron chi connectivity index (χ3n) is 4.07. The SMILES string of the molecule is CC(OC(=O)c1cc(CO)ccc1-c1ccccc1)[Si](C)(C)C. The Kier molecular flexibility index (Phi) is 5.39. The molecule has 3 nitrogen and oxygen atoms in total. The fourth-order valence-electron chi connectivity index (χ4n) is 2.13. The molecule has 0 aromatic heterocycles. The predicted octanol–water partition coefficient (Wildman–Crippen LogP) is 4.27. The largest absolute Gasteiger partial charge is 0.463 e. The molecule has 0 saturated heterocycles. The van der Waals surface area contributed by atoms with E-state index in [2.05, 4.69) is 19.6 Å². The summed E-state index contributed by atoms with van der Waals surface area (Å²) in [5, 5.41) is 9.37. The maximum atomic E-state index is 12.7. The lowest BCUT2D eigenvalue weighted by atomic mass is 9.97. The number of aliphatic hydroxyl groups is 1. The molecule has 1 unspecified atom stereocenters. The molecule has 0 amide bonds. The lowest BCUT2D eigenvalue weighted by Gasteiger charge is -2.25. The number of hydrogen-bond acceptors (Lipinski definition) is 3. The van der Waals surface area contributed by atoms with Crippen molar-refractivity contribution in [3.63, 3.8) is 0 Å². The molecule has 2 aromatic rings. The summed E-state index contributed by atoms with van der Waals surface area (Å²) in [6.45, 7) is 8.38. The van der Waals surface area contributed by atoms with Gasteiger partial charge in [-0.15, -0.1) is 0 Å². The zero-order valence-electron chi connectivity index (χ0n) is 14.2. The van der Waals surface area contributed by atoms with Crippen LogP contribution in [0.3, 0.4) is 0 Å². The van der Waals surface area contributed by atoms with Gasteiger partial charge in [0.2, 0.25) is 0 Å². The minimum Gasteiger partial charge on any atom is -0.463 e. The second-order valence-corrected chi connectivity index (χ2v) is 12.4. The van der Waals surface area contributed by atoms with Crippen molar-refractivity contribution in [3.05, 3.63) is 59.7 Å².